The molecule has 6 rings (SSSR count). The van der Waals surface area contributed by atoms with Crippen LogP contribution in [-0.2, 0) is 10.3 Å². The number of anilines is 1. The number of nitrogens with one attached hydrogen (secondary N) is 1. The Morgan fingerprint density at radius 1 is 1.16 bits per heavy atom. The van der Waals surface area contributed by atoms with Gasteiger partial charge in [-0.1, -0.05) is 4.98 Å². The van der Waals surface area contributed by atoms with E-state index in [4.69, 9.17) is 9.47 Å². The van der Waals surface area contributed by atoms with Crippen molar-refractivity contribution < 1.29 is 19.2 Å². The number of methoxy groups -OCH3 is 2. The van der Waals surface area contributed by atoms with Crippen LogP contribution in [0.1, 0.15) is 38.5 Å². The van der Waals surface area contributed by atoms with Gasteiger partial charge in [0.2, 0.25) is 12.2 Å². The number of hydrogen-bond acceptors (Lipinski definition) is 7. The van der Waals surface area contributed by atoms with Crippen molar-refractivity contribution in [3.05, 3.63) is 34.6 Å². The fourth-order valence-electron chi connectivity index (χ4n) is 6.46. The maximum atomic E-state index is 13.6. The molecule has 0 aliphatic heterocycles. The highest BCUT2D eigenvalue weighted by Gasteiger charge is 2.62. The Hall–Kier alpha value is -3.17. The standard InChI is InChI=1S/C21H25N5O5/c1-30-16-4-15(5-17(6-16)31-2)23-18(27)20-7-13-3-14(8-20)10-21(9-13,11-20)25-12-22-19(24-25)26(28)29/h4-6,12-14H,3,7-11H2,1-2H3,(H,23,27)/t13-,14-,20?,21?/m0/s1. The number of carbonyl (C=O) groups excluding carboxylic acids is 1. The van der Waals surface area contributed by atoms with Crippen molar-refractivity contribution in [2.75, 3.05) is 19.5 Å². The quantitative estimate of drug-likeness (QED) is 0.555. The molecule has 4 saturated carbocycles. The molecule has 1 heterocycles. The Kier molecular flexibility index (Phi) is 4.42. The molecule has 31 heavy (non-hydrogen) atoms. The minimum absolute atomic E-state index is 0.0177. The number of benzene rings is 1. The Balaban J connectivity index is 1.45. The van der Waals surface area contributed by atoms with Crippen LogP contribution in [0.2, 0.25) is 0 Å². The third-order valence-corrected chi connectivity index (χ3v) is 7.25. The van der Waals surface area contributed by atoms with Crippen molar-refractivity contribution in [3.63, 3.8) is 0 Å². The molecule has 4 fully saturated rings. The summed E-state index contributed by atoms with van der Waals surface area (Å²) in [5.41, 5.74) is -0.294. The average molecular weight is 427 g/mol. The second kappa shape index (κ2) is 6.93. The summed E-state index contributed by atoms with van der Waals surface area (Å²) in [4.78, 5) is 28.0. The summed E-state index contributed by atoms with van der Waals surface area (Å²) in [6.07, 6.45) is 6.59. The molecule has 1 amide bonds. The van der Waals surface area contributed by atoms with E-state index in [1.165, 1.54) is 6.33 Å². The maximum Gasteiger partial charge on any atom is 0.490 e. The summed E-state index contributed by atoms with van der Waals surface area (Å²) in [5, 5.41) is 18.4. The lowest BCUT2D eigenvalue weighted by Gasteiger charge is -2.60. The van der Waals surface area contributed by atoms with Crippen molar-refractivity contribution >= 4 is 17.5 Å². The summed E-state index contributed by atoms with van der Waals surface area (Å²) in [5.74, 6) is 1.59. The lowest BCUT2D eigenvalue weighted by atomic mass is 9.46. The van der Waals surface area contributed by atoms with Crippen molar-refractivity contribution in [3.8, 4) is 11.5 Å². The molecule has 2 atom stereocenters. The highest BCUT2D eigenvalue weighted by molar-refractivity contribution is 5.96. The Labute approximate surface area is 179 Å². The first-order valence-electron chi connectivity index (χ1n) is 10.5. The lowest BCUT2D eigenvalue weighted by Crippen LogP contribution is -2.60. The topological polar surface area (TPSA) is 121 Å². The van der Waals surface area contributed by atoms with Crippen molar-refractivity contribution in [1.29, 1.82) is 0 Å². The number of carbonyl (C=O) groups is 1. The zero-order chi connectivity index (χ0) is 21.8. The molecule has 1 aromatic heterocycles. The molecule has 164 valence electrons. The monoisotopic (exact) mass is 427 g/mol. The number of hydrogen-bond donors (Lipinski definition) is 1. The Morgan fingerprint density at radius 2 is 1.81 bits per heavy atom. The zero-order valence-corrected chi connectivity index (χ0v) is 17.5. The zero-order valence-electron chi connectivity index (χ0n) is 17.5. The van der Waals surface area contributed by atoms with Crippen LogP contribution in [0.4, 0.5) is 11.6 Å². The third-order valence-electron chi connectivity index (χ3n) is 7.25. The molecule has 1 N–H and O–H groups in total. The van der Waals surface area contributed by atoms with Gasteiger partial charge >= 0.3 is 5.95 Å². The smallest absolute Gasteiger partial charge is 0.490 e. The molecular formula is C21H25N5O5. The largest absolute Gasteiger partial charge is 0.497 e. The minimum atomic E-state index is -0.574. The lowest BCUT2D eigenvalue weighted by molar-refractivity contribution is -0.394. The maximum absolute atomic E-state index is 13.6. The van der Waals surface area contributed by atoms with E-state index >= 15 is 0 Å². The summed E-state index contributed by atoms with van der Waals surface area (Å²) < 4.78 is 12.3. The van der Waals surface area contributed by atoms with Gasteiger partial charge in [-0.3, -0.25) is 4.79 Å². The van der Waals surface area contributed by atoms with Gasteiger partial charge in [0.25, 0.3) is 0 Å². The number of aromatic nitrogens is 3. The second-order valence-corrected chi connectivity index (χ2v) is 9.27. The van der Waals surface area contributed by atoms with Gasteiger partial charge in [0, 0.05) is 29.0 Å². The summed E-state index contributed by atoms with van der Waals surface area (Å²) in [6.45, 7) is 0. The first kappa shape index (κ1) is 19.8. The molecule has 4 bridgehead atoms. The SMILES string of the molecule is COc1cc(NC(=O)C23C[C@@H]4C[C@@H](C2)CC(n2cnc([N+](=O)[O-])n2)(C4)C3)cc(OC)c1. The van der Waals surface area contributed by atoms with E-state index in [0.717, 1.165) is 32.1 Å². The fourth-order valence-corrected chi connectivity index (χ4v) is 6.46. The summed E-state index contributed by atoms with van der Waals surface area (Å²) in [7, 11) is 3.14. The molecule has 0 spiro atoms. The fraction of sp³-hybridized carbons (Fsp3) is 0.571. The van der Waals surface area contributed by atoms with E-state index in [1.807, 2.05) is 0 Å². The Bertz CT molecular complexity index is 1010. The molecule has 10 nitrogen and oxygen atoms in total. The highest BCUT2D eigenvalue weighted by atomic mass is 16.6. The van der Waals surface area contributed by atoms with Gasteiger partial charge in [-0.15, -0.1) is 0 Å². The van der Waals surface area contributed by atoms with E-state index in [9.17, 15) is 14.9 Å². The highest BCUT2D eigenvalue weighted by Crippen LogP contribution is 2.64. The molecular weight excluding hydrogens is 402 g/mol. The molecule has 2 aromatic rings. The van der Waals surface area contributed by atoms with Crippen LogP contribution in [0.25, 0.3) is 0 Å². The van der Waals surface area contributed by atoms with Gasteiger partial charge in [0.05, 0.1) is 25.2 Å². The predicted octanol–water partition coefficient (Wildman–Crippen LogP) is 3.14. The van der Waals surface area contributed by atoms with Gasteiger partial charge < -0.3 is 24.9 Å². The van der Waals surface area contributed by atoms with Crippen molar-refractivity contribution in [2.45, 2.75) is 44.1 Å². The van der Waals surface area contributed by atoms with Crippen LogP contribution in [-0.4, -0.2) is 39.8 Å². The van der Waals surface area contributed by atoms with Gasteiger partial charge in [0.1, 0.15) is 11.5 Å². The van der Waals surface area contributed by atoms with Gasteiger partial charge in [0.15, 0.2) is 0 Å². The van der Waals surface area contributed by atoms with Crippen LogP contribution in [0.5, 0.6) is 11.5 Å². The van der Waals surface area contributed by atoms with Crippen LogP contribution < -0.4 is 14.8 Å². The number of nitro groups is 1. The van der Waals surface area contributed by atoms with Crippen LogP contribution in [0, 0.1) is 27.4 Å². The molecule has 0 saturated heterocycles. The van der Waals surface area contributed by atoms with Gasteiger partial charge in [-0.25, -0.2) is 0 Å². The molecule has 0 radical (unpaired) electrons. The van der Waals surface area contributed by atoms with E-state index in [0.29, 0.717) is 35.4 Å². The Morgan fingerprint density at radius 3 is 2.35 bits per heavy atom. The van der Waals surface area contributed by atoms with Crippen molar-refractivity contribution in [2.24, 2.45) is 17.3 Å². The van der Waals surface area contributed by atoms with E-state index < -0.39 is 21.8 Å². The summed E-state index contributed by atoms with van der Waals surface area (Å²) in [6, 6.07) is 5.31. The molecule has 10 heteroatoms. The van der Waals surface area contributed by atoms with Crippen LogP contribution in [0.3, 0.4) is 0 Å². The van der Waals surface area contributed by atoms with Gasteiger partial charge in [-0.05, 0) is 55.3 Å². The molecule has 4 aliphatic carbocycles. The first-order valence-corrected chi connectivity index (χ1v) is 10.5. The van der Waals surface area contributed by atoms with Gasteiger partial charge in [-0.2, -0.15) is 4.68 Å². The molecule has 0 unspecified atom stereocenters. The van der Waals surface area contributed by atoms with Crippen molar-refractivity contribution in [1.82, 2.24) is 14.8 Å². The third kappa shape index (κ3) is 3.21. The summed E-state index contributed by atoms with van der Waals surface area (Å²) >= 11 is 0. The average Bonchev–Trinajstić information content (AvgIpc) is 3.24. The van der Waals surface area contributed by atoms with Crippen LogP contribution >= 0.6 is 0 Å². The number of ether oxygens (including phenoxy) is 2. The van der Waals surface area contributed by atoms with Crippen LogP contribution in [0.15, 0.2) is 24.5 Å². The van der Waals surface area contributed by atoms with E-state index in [1.54, 1.807) is 37.1 Å². The first-order chi connectivity index (χ1) is 14.8. The number of amides is 1. The second-order valence-electron chi connectivity index (χ2n) is 9.27. The minimum Gasteiger partial charge on any atom is -0.497 e. The normalized spacial score (nSPS) is 30.8. The van der Waals surface area contributed by atoms with E-state index in [2.05, 4.69) is 15.4 Å². The number of nitrogens with zero attached hydrogens (tertiary/aromatic N) is 4. The van der Waals surface area contributed by atoms with E-state index in [-0.39, 0.29) is 5.91 Å². The molecule has 1 aromatic carbocycles. The number of rotatable bonds is 6. The predicted molar refractivity (Wildman–Crippen MR) is 110 cm³/mol. The molecule has 4 aliphatic rings.